The molecule has 1 aliphatic heterocycles. The van der Waals surface area contributed by atoms with Gasteiger partial charge >= 0.3 is 0 Å². The third-order valence-corrected chi connectivity index (χ3v) is 5.32. The molecule has 0 saturated carbocycles. The lowest BCUT2D eigenvalue weighted by Crippen LogP contribution is -2.41. The van der Waals surface area contributed by atoms with Crippen molar-refractivity contribution < 1.29 is 4.52 Å². The van der Waals surface area contributed by atoms with Crippen molar-refractivity contribution in [1.29, 1.82) is 0 Å². The lowest BCUT2D eigenvalue weighted by atomic mass is 9.87. The van der Waals surface area contributed by atoms with Gasteiger partial charge in [0.2, 0.25) is 0 Å². The molecule has 0 spiro atoms. The van der Waals surface area contributed by atoms with E-state index in [1.165, 1.54) is 24.1 Å². The van der Waals surface area contributed by atoms with E-state index in [-0.39, 0.29) is 0 Å². The van der Waals surface area contributed by atoms with Crippen molar-refractivity contribution in [2.45, 2.75) is 39.3 Å². The zero-order chi connectivity index (χ0) is 17.3. The molecular formula is C18H29N5O. The van der Waals surface area contributed by atoms with Gasteiger partial charge in [0.25, 0.3) is 0 Å². The molecule has 0 radical (unpaired) electrons. The van der Waals surface area contributed by atoms with Crippen LogP contribution in [0.1, 0.15) is 41.6 Å². The van der Waals surface area contributed by atoms with Gasteiger partial charge < -0.3 is 14.0 Å². The van der Waals surface area contributed by atoms with E-state index in [2.05, 4.69) is 45.7 Å². The van der Waals surface area contributed by atoms with Crippen LogP contribution in [0.25, 0.3) is 0 Å². The molecule has 2 aromatic rings. The molecule has 3 rings (SSSR count). The van der Waals surface area contributed by atoms with Gasteiger partial charge in [-0.25, -0.2) is 4.98 Å². The summed E-state index contributed by atoms with van der Waals surface area (Å²) in [7, 11) is 6.52. The Hall–Kier alpha value is -1.66. The smallest absolute Gasteiger partial charge is 0.138 e. The number of hydrogen-bond donors (Lipinski definition) is 0. The summed E-state index contributed by atoms with van der Waals surface area (Å²) in [5.74, 6) is 1.54. The first kappa shape index (κ1) is 17.2. The quantitative estimate of drug-likeness (QED) is 0.843. The fourth-order valence-electron chi connectivity index (χ4n) is 4.03. The van der Waals surface area contributed by atoms with Gasteiger partial charge in [0, 0.05) is 31.9 Å². The molecule has 0 aliphatic carbocycles. The molecule has 3 heterocycles. The summed E-state index contributed by atoms with van der Waals surface area (Å²) in [5, 5.41) is 4.07. The highest BCUT2D eigenvalue weighted by Gasteiger charge is 2.33. The van der Waals surface area contributed by atoms with E-state index in [0.717, 1.165) is 31.1 Å². The van der Waals surface area contributed by atoms with Crippen LogP contribution in [-0.2, 0) is 13.6 Å². The molecule has 1 fully saturated rings. The lowest BCUT2D eigenvalue weighted by molar-refractivity contribution is 0.0878. The molecule has 0 unspecified atom stereocenters. The van der Waals surface area contributed by atoms with Gasteiger partial charge in [-0.05, 0) is 53.2 Å². The van der Waals surface area contributed by atoms with Crippen molar-refractivity contribution in [2.75, 3.05) is 27.2 Å². The summed E-state index contributed by atoms with van der Waals surface area (Å²) in [5.41, 5.74) is 3.54. The molecule has 6 heteroatoms. The molecule has 0 N–H and O–H groups in total. The van der Waals surface area contributed by atoms with E-state index in [4.69, 9.17) is 4.52 Å². The minimum absolute atomic E-state index is 0.429. The maximum absolute atomic E-state index is 5.30. The first-order valence-corrected chi connectivity index (χ1v) is 8.74. The van der Waals surface area contributed by atoms with Crippen LogP contribution in [0.5, 0.6) is 0 Å². The first-order chi connectivity index (χ1) is 11.5. The lowest BCUT2D eigenvalue weighted by Gasteiger charge is -2.40. The second-order valence-electron chi connectivity index (χ2n) is 7.26. The molecular weight excluding hydrogens is 302 g/mol. The van der Waals surface area contributed by atoms with Gasteiger partial charge in [0.1, 0.15) is 5.76 Å². The number of hydrogen-bond acceptors (Lipinski definition) is 5. The predicted molar refractivity (Wildman–Crippen MR) is 93.6 cm³/mol. The Bertz CT molecular complexity index is 657. The normalized spacial score (nSPS) is 22.4. The maximum atomic E-state index is 5.30. The summed E-state index contributed by atoms with van der Waals surface area (Å²) in [4.78, 5) is 9.21. The van der Waals surface area contributed by atoms with E-state index >= 15 is 0 Å². The fraction of sp³-hybridized carbons (Fsp3) is 0.667. The van der Waals surface area contributed by atoms with E-state index in [1.807, 2.05) is 26.4 Å². The van der Waals surface area contributed by atoms with Crippen LogP contribution in [0.15, 0.2) is 17.0 Å². The van der Waals surface area contributed by atoms with E-state index in [1.54, 1.807) is 0 Å². The molecule has 24 heavy (non-hydrogen) atoms. The summed E-state index contributed by atoms with van der Waals surface area (Å²) >= 11 is 0. The minimum atomic E-state index is 0.429. The van der Waals surface area contributed by atoms with Crippen molar-refractivity contribution in [3.05, 3.63) is 35.2 Å². The van der Waals surface area contributed by atoms with Crippen LogP contribution in [-0.4, -0.2) is 51.7 Å². The molecule has 132 valence electrons. The van der Waals surface area contributed by atoms with Crippen LogP contribution < -0.4 is 0 Å². The van der Waals surface area contributed by atoms with Crippen LogP contribution in [0.2, 0.25) is 0 Å². The number of aromatic nitrogens is 3. The number of aryl methyl sites for hydroxylation is 3. The SMILES string of the molecule is Cc1noc(C)c1CN(C)C[C@@H]1CCCN(C)[C@H]1c1cncn1C. The molecule has 2 atom stereocenters. The Morgan fingerprint density at radius 2 is 2.12 bits per heavy atom. The zero-order valence-corrected chi connectivity index (χ0v) is 15.5. The molecule has 2 aromatic heterocycles. The molecule has 1 aliphatic rings. The number of likely N-dealkylation sites (tertiary alicyclic amines) is 1. The van der Waals surface area contributed by atoms with E-state index < -0.39 is 0 Å². The molecule has 0 amide bonds. The standard InChI is InChI=1S/C18H29N5O/c1-13-16(14(2)24-20-13)11-21(3)10-15-7-6-8-22(4)18(15)17-9-19-12-23(17)5/h9,12,15,18H,6-8,10-11H2,1-5H3/t15-,18+/m0/s1. The number of rotatable bonds is 5. The largest absolute Gasteiger partial charge is 0.361 e. The Labute approximate surface area is 144 Å². The van der Waals surface area contributed by atoms with Crippen LogP contribution in [0.3, 0.4) is 0 Å². The second kappa shape index (κ2) is 7.07. The Balaban J connectivity index is 1.73. The molecule has 6 nitrogen and oxygen atoms in total. The number of piperidine rings is 1. The first-order valence-electron chi connectivity index (χ1n) is 8.74. The molecule has 1 saturated heterocycles. The molecule has 0 aromatic carbocycles. The van der Waals surface area contributed by atoms with Crippen LogP contribution in [0, 0.1) is 19.8 Å². The van der Waals surface area contributed by atoms with E-state index in [9.17, 15) is 0 Å². The summed E-state index contributed by atoms with van der Waals surface area (Å²) < 4.78 is 7.46. The monoisotopic (exact) mass is 331 g/mol. The summed E-state index contributed by atoms with van der Waals surface area (Å²) in [6.07, 6.45) is 6.44. The zero-order valence-electron chi connectivity index (χ0n) is 15.5. The van der Waals surface area contributed by atoms with Crippen molar-refractivity contribution in [2.24, 2.45) is 13.0 Å². The van der Waals surface area contributed by atoms with Crippen molar-refractivity contribution >= 4 is 0 Å². The maximum Gasteiger partial charge on any atom is 0.138 e. The van der Waals surface area contributed by atoms with E-state index in [0.29, 0.717) is 12.0 Å². The van der Waals surface area contributed by atoms with Gasteiger partial charge in [-0.2, -0.15) is 0 Å². The Kier molecular flexibility index (Phi) is 5.06. The van der Waals surface area contributed by atoms with Crippen molar-refractivity contribution in [3.8, 4) is 0 Å². The fourth-order valence-corrected chi connectivity index (χ4v) is 4.03. The minimum Gasteiger partial charge on any atom is -0.361 e. The highest BCUT2D eigenvalue weighted by atomic mass is 16.5. The van der Waals surface area contributed by atoms with Gasteiger partial charge in [-0.1, -0.05) is 5.16 Å². The third kappa shape index (κ3) is 3.39. The van der Waals surface area contributed by atoms with Crippen LogP contribution in [0.4, 0.5) is 0 Å². The highest BCUT2D eigenvalue weighted by molar-refractivity contribution is 5.20. The summed E-state index contributed by atoms with van der Waals surface area (Å²) in [6, 6.07) is 0.429. The van der Waals surface area contributed by atoms with Gasteiger partial charge in [0.15, 0.2) is 0 Å². The average molecular weight is 331 g/mol. The van der Waals surface area contributed by atoms with Gasteiger partial charge in [0.05, 0.1) is 23.8 Å². The Morgan fingerprint density at radius 1 is 1.33 bits per heavy atom. The molecule has 0 bridgehead atoms. The topological polar surface area (TPSA) is 50.3 Å². The Morgan fingerprint density at radius 3 is 2.75 bits per heavy atom. The van der Waals surface area contributed by atoms with Gasteiger partial charge in [-0.3, -0.25) is 4.90 Å². The number of nitrogens with zero attached hydrogens (tertiary/aromatic N) is 5. The second-order valence-corrected chi connectivity index (χ2v) is 7.26. The third-order valence-electron chi connectivity index (χ3n) is 5.32. The predicted octanol–water partition coefficient (Wildman–Crippen LogP) is 2.54. The highest BCUT2D eigenvalue weighted by Crippen LogP contribution is 2.35. The van der Waals surface area contributed by atoms with Crippen LogP contribution >= 0.6 is 0 Å². The summed E-state index contributed by atoms with van der Waals surface area (Å²) in [6.45, 7) is 7.12. The van der Waals surface area contributed by atoms with Crippen molar-refractivity contribution in [3.63, 3.8) is 0 Å². The van der Waals surface area contributed by atoms with Crippen molar-refractivity contribution in [1.82, 2.24) is 24.5 Å². The number of imidazole rings is 1. The van der Waals surface area contributed by atoms with Gasteiger partial charge in [-0.15, -0.1) is 0 Å². The average Bonchev–Trinajstić information content (AvgIpc) is 3.08.